The molecule has 0 amide bonds. The van der Waals surface area contributed by atoms with Crippen LogP contribution in [-0.4, -0.2) is 6.29 Å². The van der Waals surface area contributed by atoms with Crippen LogP contribution in [0.4, 0.5) is 0 Å². The molecule has 4 aliphatic rings. The lowest BCUT2D eigenvalue weighted by Crippen LogP contribution is -2.50. The molecule has 2 fully saturated rings. The maximum Gasteiger partial charge on any atom is 0.146 e. The highest BCUT2D eigenvalue weighted by Crippen LogP contribution is 2.67. The molecule has 29 heavy (non-hydrogen) atoms. The second-order valence-corrected chi connectivity index (χ2v) is 12.0. The minimum Gasteiger partial charge on any atom is -0.298 e. The van der Waals surface area contributed by atoms with E-state index in [-0.39, 0.29) is 5.41 Å². The van der Waals surface area contributed by atoms with Crippen molar-refractivity contribution < 1.29 is 4.79 Å². The number of hydrogen-bond acceptors (Lipinski definition) is 1. The lowest BCUT2D eigenvalue weighted by atomic mass is 9.46. The van der Waals surface area contributed by atoms with E-state index in [0.29, 0.717) is 5.41 Å². The van der Waals surface area contributed by atoms with Gasteiger partial charge in [0.05, 0.1) is 0 Å². The highest BCUT2D eigenvalue weighted by Gasteiger charge is 2.59. The molecule has 162 valence electrons. The van der Waals surface area contributed by atoms with E-state index >= 15 is 0 Å². The van der Waals surface area contributed by atoms with Crippen molar-refractivity contribution in [2.45, 2.75) is 98.8 Å². The molecule has 4 aliphatic carbocycles. The fraction of sp³-hybridized carbons (Fsp3) is 0.821. The summed E-state index contributed by atoms with van der Waals surface area (Å²) >= 11 is 0. The third-order valence-electron chi connectivity index (χ3n) is 10.1. The number of allylic oxidation sites excluding steroid dienone is 4. The standard InChI is InChI=1S/C28H44O/c1-19(2)9-8-10-20(3)23-12-13-25-22-17-21(18-29)24-11-6-7-15-27(24,4)26(22)14-16-28(23,25)5/h6,11,18-20,22-23,25-26H,7-10,12-17H2,1-5H3/t20-,22+,23-,25+,26+,27+,28-/m1/s1. The summed E-state index contributed by atoms with van der Waals surface area (Å²) in [4.78, 5) is 12.1. The van der Waals surface area contributed by atoms with Crippen LogP contribution in [0, 0.1) is 46.3 Å². The van der Waals surface area contributed by atoms with Crippen molar-refractivity contribution in [1.82, 2.24) is 0 Å². The second kappa shape index (κ2) is 8.01. The number of aldehydes is 1. The Labute approximate surface area is 179 Å². The molecule has 7 atom stereocenters. The van der Waals surface area contributed by atoms with Crippen LogP contribution >= 0.6 is 0 Å². The summed E-state index contributed by atoms with van der Waals surface area (Å²) < 4.78 is 0. The van der Waals surface area contributed by atoms with Gasteiger partial charge in [-0.3, -0.25) is 4.79 Å². The smallest absolute Gasteiger partial charge is 0.146 e. The van der Waals surface area contributed by atoms with Crippen molar-refractivity contribution in [1.29, 1.82) is 0 Å². The van der Waals surface area contributed by atoms with Crippen LogP contribution in [0.25, 0.3) is 0 Å². The molecule has 1 heteroatoms. The molecular weight excluding hydrogens is 352 g/mol. The van der Waals surface area contributed by atoms with Gasteiger partial charge in [-0.15, -0.1) is 0 Å². The van der Waals surface area contributed by atoms with Gasteiger partial charge in [0, 0.05) is 0 Å². The maximum absolute atomic E-state index is 12.1. The van der Waals surface area contributed by atoms with E-state index in [2.05, 4.69) is 46.8 Å². The molecule has 0 heterocycles. The number of carbonyl (C=O) groups excluding carboxylic acids is 1. The first-order valence-corrected chi connectivity index (χ1v) is 12.7. The van der Waals surface area contributed by atoms with Crippen LogP contribution in [-0.2, 0) is 4.79 Å². The van der Waals surface area contributed by atoms with Crippen LogP contribution in [0.1, 0.15) is 98.8 Å². The van der Waals surface area contributed by atoms with Crippen molar-refractivity contribution in [3.05, 3.63) is 23.3 Å². The van der Waals surface area contributed by atoms with Crippen LogP contribution in [0.3, 0.4) is 0 Å². The monoisotopic (exact) mass is 396 g/mol. The largest absolute Gasteiger partial charge is 0.298 e. The Bertz CT molecular complexity index is 684. The molecule has 0 bridgehead atoms. The topological polar surface area (TPSA) is 17.1 Å². The summed E-state index contributed by atoms with van der Waals surface area (Å²) in [6.07, 6.45) is 19.1. The Kier molecular flexibility index (Phi) is 5.91. The van der Waals surface area contributed by atoms with Crippen molar-refractivity contribution in [3.63, 3.8) is 0 Å². The van der Waals surface area contributed by atoms with Crippen LogP contribution in [0.2, 0.25) is 0 Å². The Morgan fingerprint density at radius 3 is 2.59 bits per heavy atom. The Hall–Kier alpha value is -0.850. The van der Waals surface area contributed by atoms with Gasteiger partial charge < -0.3 is 0 Å². The van der Waals surface area contributed by atoms with E-state index in [0.717, 1.165) is 47.5 Å². The minimum atomic E-state index is 0.246. The molecular formula is C28H44O. The quantitative estimate of drug-likeness (QED) is 0.419. The Morgan fingerprint density at radius 2 is 1.86 bits per heavy atom. The molecule has 0 spiro atoms. The second-order valence-electron chi connectivity index (χ2n) is 12.0. The molecule has 0 saturated heterocycles. The number of rotatable bonds is 6. The highest BCUT2D eigenvalue weighted by atomic mass is 16.1. The molecule has 0 aromatic heterocycles. The molecule has 0 radical (unpaired) electrons. The minimum absolute atomic E-state index is 0.246. The Balaban J connectivity index is 1.56. The zero-order valence-electron chi connectivity index (χ0n) is 19.7. The fourth-order valence-corrected chi connectivity index (χ4v) is 8.63. The van der Waals surface area contributed by atoms with E-state index in [1.54, 1.807) is 0 Å². The molecule has 4 rings (SSSR count). The maximum atomic E-state index is 12.1. The Morgan fingerprint density at radius 1 is 1.07 bits per heavy atom. The predicted molar refractivity (Wildman–Crippen MR) is 123 cm³/mol. The molecule has 0 aromatic rings. The lowest BCUT2D eigenvalue weighted by Gasteiger charge is -2.58. The van der Waals surface area contributed by atoms with E-state index in [1.807, 2.05) is 0 Å². The molecule has 2 saturated carbocycles. The van der Waals surface area contributed by atoms with Crippen LogP contribution < -0.4 is 0 Å². The average Bonchev–Trinajstić information content (AvgIpc) is 3.04. The van der Waals surface area contributed by atoms with E-state index in [9.17, 15) is 4.79 Å². The molecule has 1 nitrogen and oxygen atoms in total. The fourth-order valence-electron chi connectivity index (χ4n) is 8.63. The van der Waals surface area contributed by atoms with Crippen molar-refractivity contribution in [2.24, 2.45) is 46.3 Å². The van der Waals surface area contributed by atoms with Crippen LogP contribution in [0.15, 0.2) is 23.3 Å². The van der Waals surface area contributed by atoms with Gasteiger partial charge in [0.2, 0.25) is 0 Å². The average molecular weight is 397 g/mol. The van der Waals surface area contributed by atoms with Gasteiger partial charge in [-0.05, 0) is 102 Å². The zero-order chi connectivity index (χ0) is 20.8. The van der Waals surface area contributed by atoms with Gasteiger partial charge in [0.15, 0.2) is 0 Å². The molecule has 0 N–H and O–H groups in total. The molecule has 0 aliphatic heterocycles. The first kappa shape index (κ1) is 21.4. The van der Waals surface area contributed by atoms with Gasteiger partial charge in [-0.2, -0.15) is 0 Å². The molecule has 0 unspecified atom stereocenters. The van der Waals surface area contributed by atoms with Crippen molar-refractivity contribution >= 4 is 6.29 Å². The summed E-state index contributed by atoms with van der Waals surface area (Å²) in [7, 11) is 0. The number of carbonyl (C=O) groups is 1. The van der Waals surface area contributed by atoms with Gasteiger partial charge in [-0.1, -0.05) is 66.0 Å². The normalized spacial score (nSPS) is 42.4. The summed E-state index contributed by atoms with van der Waals surface area (Å²) in [5.74, 6) is 4.94. The summed E-state index contributed by atoms with van der Waals surface area (Å²) in [6.45, 7) is 12.4. The SMILES string of the molecule is CC(C)CCC[C@@H](C)[C@H]1CC[C@H]2[C@@H]3CC(C=O)=C4C=CCC[C@]4(C)[C@H]3CC[C@]12C. The van der Waals surface area contributed by atoms with E-state index < -0.39 is 0 Å². The molecule has 0 aromatic carbocycles. The third kappa shape index (κ3) is 3.49. The highest BCUT2D eigenvalue weighted by molar-refractivity contribution is 5.77. The first-order chi connectivity index (χ1) is 13.8. The van der Waals surface area contributed by atoms with Gasteiger partial charge in [0.1, 0.15) is 6.29 Å². The van der Waals surface area contributed by atoms with Gasteiger partial charge >= 0.3 is 0 Å². The van der Waals surface area contributed by atoms with Crippen molar-refractivity contribution in [3.8, 4) is 0 Å². The third-order valence-corrected chi connectivity index (χ3v) is 10.1. The van der Waals surface area contributed by atoms with E-state index in [1.165, 1.54) is 69.6 Å². The van der Waals surface area contributed by atoms with Gasteiger partial charge in [0.25, 0.3) is 0 Å². The summed E-state index contributed by atoms with van der Waals surface area (Å²) in [5, 5.41) is 0. The summed E-state index contributed by atoms with van der Waals surface area (Å²) in [6, 6.07) is 0. The zero-order valence-corrected chi connectivity index (χ0v) is 19.7. The summed E-state index contributed by atoms with van der Waals surface area (Å²) in [5.41, 5.74) is 3.30. The number of hydrogen-bond donors (Lipinski definition) is 0. The van der Waals surface area contributed by atoms with Crippen LogP contribution in [0.5, 0.6) is 0 Å². The number of fused-ring (bicyclic) bond motifs is 5. The van der Waals surface area contributed by atoms with Crippen molar-refractivity contribution in [2.75, 3.05) is 0 Å². The first-order valence-electron chi connectivity index (χ1n) is 12.7. The predicted octanol–water partition coefficient (Wildman–Crippen LogP) is 7.76. The van der Waals surface area contributed by atoms with Gasteiger partial charge in [-0.25, -0.2) is 0 Å². The van der Waals surface area contributed by atoms with E-state index in [4.69, 9.17) is 0 Å². The lowest BCUT2D eigenvalue weighted by molar-refractivity contribution is -0.106.